The van der Waals surface area contributed by atoms with E-state index in [4.69, 9.17) is 4.74 Å². The van der Waals surface area contributed by atoms with E-state index in [-0.39, 0.29) is 11.3 Å². The summed E-state index contributed by atoms with van der Waals surface area (Å²) in [6.45, 7) is 1.00. The van der Waals surface area contributed by atoms with Crippen molar-refractivity contribution in [1.29, 1.82) is 0 Å². The Labute approximate surface area is 195 Å². The number of ether oxygens (including phenoxy) is 1. The number of hydrogen-bond acceptors (Lipinski definition) is 5. The first kappa shape index (κ1) is 24.1. The van der Waals surface area contributed by atoms with E-state index in [1.54, 1.807) is 48.5 Å². The van der Waals surface area contributed by atoms with Gasteiger partial charge in [-0.25, -0.2) is 4.39 Å². The third-order valence-corrected chi connectivity index (χ3v) is 4.69. The zero-order chi connectivity index (χ0) is 24.5. The molecule has 174 valence electrons. The van der Waals surface area contributed by atoms with E-state index in [1.165, 1.54) is 25.1 Å². The highest BCUT2D eigenvalue weighted by atomic mass is 19.1. The third kappa shape index (κ3) is 6.49. The van der Waals surface area contributed by atoms with Gasteiger partial charge in [-0.15, -0.1) is 0 Å². The van der Waals surface area contributed by atoms with E-state index in [0.29, 0.717) is 16.9 Å². The summed E-state index contributed by atoms with van der Waals surface area (Å²) in [5, 5.41) is 2.26. The zero-order valence-corrected chi connectivity index (χ0v) is 18.2. The molecule has 0 heterocycles. The van der Waals surface area contributed by atoms with Gasteiger partial charge in [0.15, 0.2) is 11.9 Å². The van der Waals surface area contributed by atoms with Gasteiger partial charge < -0.3 is 10.1 Å². The van der Waals surface area contributed by atoms with Gasteiger partial charge in [0.25, 0.3) is 17.7 Å². The van der Waals surface area contributed by atoms with Gasteiger partial charge in [0.2, 0.25) is 0 Å². The largest absolute Gasteiger partial charge is 0.481 e. The minimum Gasteiger partial charge on any atom is -0.481 e. The van der Waals surface area contributed by atoms with Crippen LogP contribution in [0.2, 0.25) is 0 Å². The molecule has 0 saturated heterocycles. The van der Waals surface area contributed by atoms with E-state index in [2.05, 4.69) is 16.2 Å². The summed E-state index contributed by atoms with van der Waals surface area (Å²) < 4.78 is 19.1. The highest BCUT2D eigenvalue weighted by molar-refractivity contribution is 6.09. The molecule has 0 unspecified atom stereocenters. The highest BCUT2D eigenvalue weighted by Crippen LogP contribution is 2.16. The maximum atomic E-state index is 13.6. The Morgan fingerprint density at radius 3 is 2.12 bits per heavy atom. The van der Waals surface area contributed by atoms with Gasteiger partial charge in [0.1, 0.15) is 11.6 Å². The van der Waals surface area contributed by atoms with Crippen molar-refractivity contribution in [3.8, 4) is 5.75 Å². The van der Waals surface area contributed by atoms with E-state index < -0.39 is 36.2 Å². The molecule has 0 spiro atoms. The number of nitrogens with one attached hydrogen (secondary N) is 3. The van der Waals surface area contributed by atoms with Gasteiger partial charge >= 0.3 is 0 Å². The molecule has 9 heteroatoms. The minimum absolute atomic E-state index is 0.136. The summed E-state index contributed by atoms with van der Waals surface area (Å²) >= 11 is 0. The Hall–Kier alpha value is -4.53. The second-order valence-electron chi connectivity index (χ2n) is 7.18. The van der Waals surface area contributed by atoms with Crippen molar-refractivity contribution in [2.24, 2.45) is 0 Å². The van der Waals surface area contributed by atoms with Crippen molar-refractivity contribution in [2.75, 3.05) is 6.54 Å². The molecule has 3 N–H and O–H groups in total. The lowest BCUT2D eigenvalue weighted by Crippen LogP contribution is -2.50. The van der Waals surface area contributed by atoms with E-state index in [1.807, 2.05) is 6.07 Å². The molecule has 0 aliphatic rings. The van der Waals surface area contributed by atoms with Crippen LogP contribution >= 0.6 is 0 Å². The molecule has 34 heavy (non-hydrogen) atoms. The predicted octanol–water partition coefficient (Wildman–Crippen LogP) is 2.40. The Bertz CT molecular complexity index is 1180. The molecule has 8 nitrogen and oxygen atoms in total. The third-order valence-electron chi connectivity index (χ3n) is 4.69. The normalized spacial score (nSPS) is 11.1. The number of ketones is 1. The quantitative estimate of drug-likeness (QED) is 0.351. The summed E-state index contributed by atoms with van der Waals surface area (Å²) in [6, 6.07) is 20.5. The van der Waals surface area contributed by atoms with Crippen LogP contribution in [0.3, 0.4) is 0 Å². The number of amides is 3. The van der Waals surface area contributed by atoms with Crippen molar-refractivity contribution < 1.29 is 28.3 Å². The number of hydrazine groups is 1. The average Bonchev–Trinajstić information content (AvgIpc) is 2.86. The molecular formula is C25H22FN3O5. The number of carbonyl (C=O) groups excluding carboxylic acids is 4. The lowest BCUT2D eigenvalue weighted by molar-refractivity contribution is -0.132. The molecule has 0 bridgehead atoms. The van der Waals surface area contributed by atoms with Crippen LogP contribution in [0.25, 0.3) is 0 Å². The van der Waals surface area contributed by atoms with E-state index in [9.17, 15) is 23.6 Å². The fourth-order valence-electron chi connectivity index (χ4n) is 2.88. The van der Waals surface area contributed by atoms with Crippen molar-refractivity contribution in [1.82, 2.24) is 16.2 Å². The number of hydrogen-bond donors (Lipinski definition) is 3. The lowest BCUT2D eigenvalue weighted by Gasteiger charge is -2.15. The summed E-state index contributed by atoms with van der Waals surface area (Å²) in [7, 11) is 0. The van der Waals surface area contributed by atoms with Crippen LogP contribution < -0.4 is 20.9 Å². The summed E-state index contributed by atoms with van der Waals surface area (Å²) in [6.07, 6.45) is -0.969. The van der Waals surface area contributed by atoms with Crippen LogP contribution in [-0.2, 0) is 9.59 Å². The molecule has 3 amide bonds. The predicted molar refractivity (Wildman–Crippen MR) is 121 cm³/mol. The van der Waals surface area contributed by atoms with Crippen LogP contribution in [-0.4, -0.2) is 36.2 Å². The average molecular weight is 463 g/mol. The first-order valence-electron chi connectivity index (χ1n) is 10.3. The standard InChI is InChI=1S/C25H22FN3O5/c1-16(34-19-13-11-18(12-14-19)23(31)17-7-3-2-4-8-17)24(32)29-28-22(30)15-27-25(33)20-9-5-6-10-21(20)26/h2-14,16H,15H2,1H3,(H,27,33)(H,28,30)(H,29,32)/t16-/m1/s1. The van der Waals surface area contributed by atoms with E-state index >= 15 is 0 Å². The molecule has 3 aromatic carbocycles. The number of benzene rings is 3. The minimum atomic E-state index is -0.969. The molecule has 0 saturated carbocycles. The molecule has 3 aromatic rings. The van der Waals surface area contributed by atoms with Gasteiger partial charge in [-0.05, 0) is 43.3 Å². The molecule has 0 aliphatic heterocycles. The summed E-state index contributed by atoms with van der Waals surface area (Å²) in [4.78, 5) is 48.4. The van der Waals surface area contributed by atoms with Gasteiger partial charge in [-0.1, -0.05) is 42.5 Å². The second kappa shape index (κ2) is 11.4. The SMILES string of the molecule is C[C@@H](Oc1ccc(C(=O)c2ccccc2)cc1)C(=O)NNC(=O)CNC(=O)c1ccccc1F. The zero-order valence-electron chi connectivity index (χ0n) is 18.2. The first-order valence-corrected chi connectivity index (χ1v) is 10.3. The lowest BCUT2D eigenvalue weighted by atomic mass is 10.0. The Morgan fingerprint density at radius 2 is 1.44 bits per heavy atom. The number of halogens is 1. The number of carbonyl (C=O) groups is 4. The Morgan fingerprint density at radius 1 is 0.824 bits per heavy atom. The molecule has 0 fully saturated rings. The van der Waals surface area contributed by atoms with Crippen LogP contribution in [0.4, 0.5) is 4.39 Å². The van der Waals surface area contributed by atoms with Gasteiger partial charge in [-0.3, -0.25) is 30.0 Å². The van der Waals surface area contributed by atoms with Crippen molar-refractivity contribution >= 4 is 23.5 Å². The number of rotatable bonds is 8. The molecule has 0 aliphatic carbocycles. The van der Waals surface area contributed by atoms with E-state index in [0.717, 1.165) is 6.07 Å². The van der Waals surface area contributed by atoms with Crippen LogP contribution in [0.15, 0.2) is 78.9 Å². The Kier molecular flexibility index (Phi) is 8.07. The second-order valence-corrected chi connectivity index (χ2v) is 7.18. The van der Waals surface area contributed by atoms with Crippen LogP contribution in [0, 0.1) is 5.82 Å². The highest BCUT2D eigenvalue weighted by Gasteiger charge is 2.17. The van der Waals surface area contributed by atoms with Crippen LogP contribution in [0.1, 0.15) is 33.2 Å². The molecule has 3 rings (SSSR count). The fourth-order valence-corrected chi connectivity index (χ4v) is 2.88. The molecule has 0 aromatic heterocycles. The molecule has 1 atom stereocenters. The maximum absolute atomic E-state index is 13.6. The Balaban J connectivity index is 1.44. The topological polar surface area (TPSA) is 114 Å². The van der Waals surface area contributed by atoms with Crippen LogP contribution in [0.5, 0.6) is 5.75 Å². The van der Waals surface area contributed by atoms with Crippen molar-refractivity contribution in [3.63, 3.8) is 0 Å². The molecular weight excluding hydrogens is 441 g/mol. The van der Waals surface area contributed by atoms with Gasteiger partial charge in [-0.2, -0.15) is 0 Å². The van der Waals surface area contributed by atoms with Crippen molar-refractivity contribution in [3.05, 3.63) is 101 Å². The summed E-state index contributed by atoms with van der Waals surface area (Å²) in [5.74, 6) is -2.60. The van der Waals surface area contributed by atoms with Gasteiger partial charge in [0, 0.05) is 11.1 Å². The smallest absolute Gasteiger partial charge is 0.279 e. The fraction of sp³-hybridized carbons (Fsp3) is 0.120. The molecule has 0 radical (unpaired) electrons. The van der Waals surface area contributed by atoms with Gasteiger partial charge in [0.05, 0.1) is 12.1 Å². The van der Waals surface area contributed by atoms with Crippen molar-refractivity contribution in [2.45, 2.75) is 13.0 Å². The maximum Gasteiger partial charge on any atom is 0.279 e. The monoisotopic (exact) mass is 463 g/mol. The first-order chi connectivity index (χ1) is 16.3. The summed E-state index contributed by atoms with van der Waals surface area (Å²) in [5.41, 5.74) is 5.16.